The minimum absolute atomic E-state index is 0.271. The molecule has 2 aromatic carbocycles. The van der Waals surface area contributed by atoms with Crippen molar-refractivity contribution >= 4 is 17.9 Å². The maximum atomic E-state index is 12.1. The number of ether oxygens (including phenoxy) is 2. The van der Waals surface area contributed by atoms with E-state index in [0.29, 0.717) is 11.6 Å². The van der Waals surface area contributed by atoms with Crippen LogP contribution in [0.2, 0.25) is 0 Å². The molecule has 3 rings (SSSR count). The third-order valence-electron chi connectivity index (χ3n) is 3.67. The third-order valence-corrected chi connectivity index (χ3v) is 3.67. The number of nitrogens with zero attached hydrogens (tertiary/aromatic N) is 1. The van der Waals surface area contributed by atoms with Crippen molar-refractivity contribution in [3.63, 3.8) is 0 Å². The SMILES string of the molecule is COc1ccc(C)cc1/C=C1\N=C(c2ccccc2C)OC1=O. The van der Waals surface area contributed by atoms with E-state index in [1.807, 2.05) is 56.3 Å². The number of hydrogen-bond acceptors (Lipinski definition) is 4. The van der Waals surface area contributed by atoms with Crippen molar-refractivity contribution in [2.75, 3.05) is 7.11 Å². The Morgan fingerprint density at radius 2 is 1.91 bits per heavy atom. The van der Waals surface area contributed by atoms with Crippen LogP contribution in [0.3, 0.4) is 0 Å². The number of aryl methyl sites for hydroxylation is 2. The predicted molar refractivity (Wildman–Crippen MR) is 89.5 cm³/mol. The molecular formula is C19H17NO3. The Bertz CT molecular complexity index is 834. The van der Waals surface area contributed by atoms with Crippen LogP contribution in [0.4, 0.5) is 0 Å². The highest BCUT2D eigenvalue weighted by Gasteiger charge is 2.25. The molecule has 0 aromatic heterocycles. The second-order valence-electron chi connectivity index (χ2n) is 5.40. The lowest BCUT2D eigenvalue weighted by Crippen LogP contribution is -2.06. The molecule has 0 atom stereocenters. The summed E-state index contributed by atoms with van der Waals surface area (Å²) in [4.78, 5) is 16.5. The fourth-order valence-electron chi connectivity index (χ4n) is 2.45. The Balaban J connectivity index is 2.02. The van der Waals surface area contributed by atoms with Crippen LogP contribution in [0.15, 0.2) is 53.2 Å². The number of carbonyl (C=O) groups excluding carboxylic acids is 1. The molecule has 0 N–H and O–H groups in total. The summed E-state index contributed by atoms with van der Waals surface area (Å²) in [5.74, 6) is 0.577. The Kier molecular flexibility index (Phi) is 3.98. The zero-order valence-corrected chi connectivity index (χ0v) is 13.3. The Hall–Kier alpha value is -2.88. The highest BCUT2D eigenvalue weighted by molar-refractivity contribution is 6.13. The molecule has 4 heteroatoms. The molecular weight excluding hydrogens is 290 g/mol. The zero-order valence-electron chi connectivity index (χ0n) is 13.3. The van der Waals surface area contributed by atoms with E-state index in [1.165, 1.54) is 0 Å². The average molecular weight is 307 g/mol. The molecule has 0 aliphatic carbocycles. The van der Waals surface area contributed by atoms with Crippen molar-refractivity contribution in [3.8, 4) is 5.75 Å². The van der Waals surface area contributed by atoms with Gasteiger partial charge in [-0.15, -0.1) is 0 Å². The van der Waals surface area contributed by atoms with Crippen molar-refractivity contribution in [2.45, 2.75) is 13.8 Å². The van der Waals surface area contributed by atoms with E-state index in [4.69, 9.17) is 9.47 Å². The summed E-state index contributed by atoms with van der Waals surface area (Å²) in [6.07, 6.45) is 1.69. The number of aliphatic imine (C=N–C) groups is 1. The quantitative estimate of drug-likeness (QED) is 0.642. The largest absolute Gasteiger partial charge is 0.496 e. The number of carbonyl (C=O) groups is 1. The van der Waals surface area contributed by atoms with Crippen LogP contribution in [0, 0.1) is 13.8 Å². The lowest BCUT2D eigenvalue weighted by atomic mass is 10.1. The maximum Gasteiger partial charge on any atom is 0.363 e. The average Bonchev–Trinajstić information content (AvgIpc) is 2.89. The molecule has 0 bridgehead atoms. The third kappa shape index (κ3) is 3.01. The van der Waals surface area contributed by atoms with Gasteiger partial charge in [-0.1, -0.05) is 29.8 Å². The summed E-state index contributed by atoms with van der Waals surface area (Å²) >= 11 is 0. The highest BCUT2D eigenvalue weighted by Crippen LogP contribution is 2.26. The summed E-state index contributed by atoms with van der Waals surface area (Å²) in [7, 11) is 1.60. The predicted octanol–water partition coefficient (Wildman–Crippen LogP) is 3.66. The van der Waals surface area contributed by atoms with Gasteiger partial charge in [0.1, 0.15) is 5.75 Å². The highest BCUT2D eigenvalue weighted by atomic mass is 16.6. The zero-order chi connectivity index (χ0) is 16.4. The van der Waals surface area contributed by atoms with E-state index in [1.54, 1.807) is 13.2 Å². The van der Waals surface area contributed by atoms with E-state index < -0.39 is 5.97 Å². The monoisotopic (exact) mass is 307 g/mol. The Labute approximate surface area is 135 Å². The molecule has 1 aliphatic rings. The number of methoxy groups -OCH3 is 1. The summed E-state index contributed by atoms with van der Waals surface area (Å²) in [6, 6.07) is 13.4. The van der Waals surface area contributed by atoms with Gasteiger partial charge < -0.3 is 9.47 Å². The van der Waals surface area contributed by atoms with Gasteiger partial charge in [0.25, 0.3) is 0 Å². The minimum Gasteiger partial charge on any atom is -0.496 e. The van der Waals surface area contributed by atoms with Crippen molar-refractivity contribution in [2.24, 2.45) is 4.99 Å². The second kappa shape index (κ2) is 6.08. The number of rotatable bonds is 3. The van der Waals surface area contributed by atoms with Gasteiger partial charge in [0.05, 0.1) is 7.11 Å². The van der Waals surface area contributed by atoms with Crippen LogP contribution >= 0.6 is 0 Å². The first kappa shape index (κ1) is 15.0. The van der Waals surface area contributed by atoms with Gasteiger partial charge in [-0.25, -0.2) is 9.79 Å². The molecule has 0 saturated carbocycles. The maximum absolute atomic E-state index is 12.1. The molecule has 0 amide bonds. The van der Waals surface area contributed by atoms with Crippen LogP contribution in [-0.2, 0) is 9.53 Å². The summed E-state index contributed by atoms with van der Waals surface area (Å²) in [5, 5.41) is 0. The fourth-order valence-corrected chi connectivity index (χ4v) is 2.45. The van der Waals surface area contributed by atoms with Crippen molar-refractivity contribution in [1.82, 2.24) is 0 Å². The molecule has 0 saturated heterocycles. The summed E-state index contributed by atoms with van der Waals surface area (Å²) < 4.78 is 10.7. The van der Waals surface area contributed by atoms with Crippen LogP contribution in [0.1, 0.15) is 22.3 Å². The molecule has 0 spiro atoms. The molecule has 0 unspecified atom stereocenters. The first-order valence-electron chi connectivity index (χ1n) is 7.31. The first-order chi connectivity index (χ1) is 11.1. The number of cyclic esters (lactones) is 1. The van der Waals surface area contributed by atoms with Gasteiger partial charge in [-0.2, -0.15) is 0 Å². The van der Waals surface area contributed by atoms with Crippen LogP contribution < -0.4 is 4.74 Å². The standard InChI is InChI=1S/C19H17NO3/c1-12-8-9-17(22-3)14(10-12)11-16-19(21)23-18(20-16)15-7-5-4-6-13(15)2/h4-11H,1-3H3/b16-11-. The topological polar surface area (TPSA) is 47.9 Å². The van der Waals surface area contributed by atoms with Gasteiger partial charge in [-0.3, -0.25) is 0 Å². The molecule has 1 heterocycles. The van der Waals surface area contributed by atoms with E-state index in [0.717, 1.165) is 22.3 Å². The van der Waals surface area contributed by atoms with Crippen molar-refractivity contribution in [3.05, 3.63) is 70.4 Å². The molecule has 2 aromatic rings. The van der Waals surface area contributed by atoms with E-state index in [-0.39, 0.29) is 5.70 Å². The number of hydrogen-bond donors (Lipinski definition) is 0. The van der Waals surface area contributed by atoms with Gasteiger partial charge >= 0.3 is 5.97 Å². The van der Waals surface area contributed by atoms with E-state index >= 15 is 0 Å². The van der Waals surface area contributed by atoms with Crippen LogP contribution in [0.5, 0.6) is 5.75 Å². The smallest absolute Gasteiger partial charge is 0.363 e. The van der Waals surface area contributed by atoms with Crippen LogP contribution in [0.25, 0.3) is 6.08 Å². The van der Waals surface area contributed by atoms with E-state index in [9.17, 15) is 4.79 Å². The van der Waals surface area contributed by atoms with Gasteiger partial charge in [0.15, 0.2) is 5.70 Å². The minimum atomic E-state index is -0.452. The molecule has 1 aliphatic heterocycles. The second-order valence-corrected chi connectivity index (χ2v) is 5.40. The Morgan fingerprint density at radius 1 is 1.13 bits per heavy atom. The van der Waals surface area contributed by atoms with Gasteiger partial charge in [0, 0.05) is 11.1 Å². The number of esters is 1. The molecule has 116 valence electrons. The lowest BCUT2D eigenvalue weighted by Gasteiger charge is -2.05. The molecule has 23 heavy (non-hydrogen) atoms. The van der Waals surface area contributed by atoms with Crippen LogP contribution in [-0.4, -0.2) is 19.0 Å². The molecule has 4 nitrogen and oxygen atoms in total. The van der Waals surface area contributed by atoms with Crippen molar-refractivity contribution < 1.29 is 14.3 Å². The van der Waals surface area contributed by atoms with Gasteiger partial charge in [0.2, 0.25) is 5.90 Å². The van der Waals surface area contributed by atoms with Crippen molar-refractivity contribution in [1.29, 1.82) is 0 Å². The lowest BCUT2D eigenvalue weighted by molar-refractivity contribution is -0.129. The molecule has 0 radical (unpaired) electrons. The normalized spacial score (nSPS) is 15.5. The fraction of sp³-hybridized carbons (Fsp3) is 0.158. The van der Waals surface area contributed by atoms with Gasteiger partial charge in [-0.05, 0) is 43.7 Å². The first-order valence-corrected chi connectivity index (χ1v) is 7.31. The van der Waals surface area contributed by atoms with E-state index in [2.05, 4.69) is 4.99 Å². The molecule has 0 fully saturated rings. The summed E-state index contributed by atoms with van der Waals surface area (Å²) in [5.41, 5.74) is 3.97. The summed E-state index contributed by atoms with van der Waals surface area (Å²) in [6.45, 7) is 3.94. The number of benzene rings is 2. The Morgan fingerprint density at radius 3 is 2.65 bits per heavy atom.